The van der Waals surface area contributed by atoms with E-state index >= 15 is 0 Å². The highest BCUT2D eigenvalue weighted by molar-refractivity contribution is 9.10. The van der Waals surface area contributed by atoms with E-state index in [4.69, 9.17) is 14.2 Å². The Morgan fingerprint density at radius 2 is 2.12 bits per heavy atom. The van der Waals surface area contributed by atoms with Gasteiger partial charge in [0.1, 0.15) is 12.9 Å². The number of benzene rings is 1. The summed E-state index contributed by atoms with van der Waals surface area (Å²) in [4.78, 5) is 10.7. The molecule has 17 heavy (non-hydrogen) atoms. The van der Waals surface area contributed by atoms with Crippen LogP contribution in [0.25, 0.3) is 0 Å². The standard InChI is InChI=1S/C12H15BrO4/c1-8(15-2)7-17-12-10(13)4-9(6-14)5-11(12)16-3/h4-6,8H,7H2,1-3H3. The number of hydrogen-bond acceptors (Lipinski definition) is 4. The summed E-state index contributed by atoms with van der Waals surface area (Å²) in [7, 11) is 3.15. The van der Waals surface area contributed by atoms with Crippen molar-refractivity contribution in [1.82, 2.24) is 0 Å². The van der Waals surface area contributed by atoms with Crippen LogP contribution in [-0.4, -0.2) is 33.2 Å². The molecule has 0 saturated heterocycles. The fourth-order valence-electron chi connectivity index (χ4n) is 1.22. The second kappa shape index (κ2) is 6.61. The lowest BCUT2D eigenvalue weighted by molar-refractivity contribution is 0.0703. The third-order valence-corrected chi connectivity index (χ3v) is 2.84. The lowest BCUT2D eigenvalue weighted by atomic mass is 10.2. The lowest BCUT2D eigenvalue weighted by Crippen LogP contribution is -2.16. The first-order chi connectivity index (χ1) is 8.12. The fraction of sp³-hybridized carbons (Fsp3) is 0.417. The van der Waals surface area contributed by atoms with Gasteiger partial charge in [0, 0.05) is 12.7 Å². The molecule has 5 heteroatoms. The molecule has 1 aromatic rings. The van der Waals surface area contributed by atoms with Gasteiger partial charge in [0.05, 0.1) is 17.7 Å². The summed E-state index contributed by atoms with van der Waals surface area (Å²) in [5.74, 6) is 1.09. The Bertz CT molecular complexity index is 392. The first kappa shape index (κ1) is 14.0. The molecule has 0 heterocycles. The molecule has 1 atom stereocenters. The maximum atomic E-state index is 10.7. The fourth-order valence-corrected chi connectivity index (χ4v) is 1.79. The predicted molar refractivity (Wildman–Crippen MR) is 68.0 cm³/mol. The van der Waals surface area contributed by atoms with E-state index in [1.165, 1.54) is 7.11 Å². The minimum Gasteiger partial charge on any atom is -0.493 e. The van der Waals surface area contributed by atoms with Crippen molar-refractivity contribution in [3.63, 3.8) is 0 Å². The van der Waals surface area contributed by atoms with E-state index in [9.17, 15) is 4.79 Å². The molecule has 0 aliphatic carbocycles. The van der Waals surface area contributed by atoms with Gasteiger partial charge in [-0.15, -0.1) is 0 Å². The topological polar surface area (TPSA) is 44.8 Å². The van der Waals surface area contributed by atoms with Crippen LogP contribution >= 0.6 is 15.9 Å². The summed E-state index contributed by atoms with van der Waals surface area (Å²) in [5.41, 5.74) is 0.529. The predicted octanol–water partition coefficient (Wildman–Crippen LogP) is 2.68. The summed E-state index contributed by atoms with van der Waals surface area (Å²) >= 11 is 3.35. The van der Waals surface area contributed by atoms with Gasteiger partial charge in [-0.2, -0.15) is 0 Å². The van der Waals surface area contributed by atoms with Gasteiger partial charge in [-0.25, -0.2) is 0 Å². The first-order valence-electron chi connectivity index (χ1n) is 5.10. The van der Waals surface area contributed by atoms with Crippen LogP contribution in [0.3, 0.4) is 0 Å². The Kier molecular flexibility index (Phi) is 5.44. The van der Waals surface area contributed by atoms with Gasteiger partial charge < -0.3 is 14.2 Å². The summed E-state index contributed by atoms with van der Waals surface area (Å²) in [5, 5.41) is 0. The molecule has 0 bridgehead atoms. The highest BCUT2D eigenvalue weighted by Gasteiger charge is 2.12. The molecule has 0 aromatic heterocycles. The van der Waals surface area contributed by atoms with Crippen LogP contribution in [0.2, 0.25) is 0 Å². The molecule has 0 radical (unpaired) electrons. The average Bonchev–Trinajstić information content (AvgIpc) is 2.35. The van der Waals surface area contributed by atoms with Crippen molar-refractivity contribution in [2.24, 2.45) is 0 Å². The van der Waals surface area contributed by atoms with Crippen LogP contribution in [0.1, 0.15) is 17.3 Å². The maximum Gasteiger partial charge on any atom is 0.175 e. The molecule has 0 saturated carbocycles. The molecule has 0 aliphatic heterocycles. The van der Waals surface area contributed by atoms with Crippen molar-refractivity contribution in [2.45, 2.75) is 13.0 Å². The van der Waals surface area contributed by atoms with Crippen LogP contribution in [-0.2, 0) is 4.74 Å². The Hall–Kier alpha value is -1.07. The number of carbonyl (C=O) groups is 1. The number of hydrogen-bond donors (Lipinski definition) is 0. The molecule has 0 N–H and O–H groups in total. The van der Waals surface area contributed by atoms with Crippen molar-refractivity contribution < 1.29 is 19.0 Å². The number of methoxy groups -OCH3 is 2. The SMILES string of the molecule is COc1cc(C=O)cc(Br)c1OCC(C)OC. The second-order valence-corrected chi connectivity index (χ2v) is 4.36. The zero-order chi connectivity index (χ0) is 12.8. The first-order valence-corrected chi connectivity index (χ1v) is 5.90. The van der Waals surface area contributed by atoms with E-state index in [-0.39, 0.29) is 6.10 Å². The van der Waals surface area contributed by atoms with Crippen LogP contribution in [0.4, 0.5) is 0 Å². The molecule has 0 aliphatic rings. The van der Waals surface area contributed by atoms with Crippen molar-refractivity contribution >= 4 is 22.2 Å². The van der Waals surface area contributed by atoms with E-state index in [1.807, 2.05) is 6.92 Å². The number of halogens is 1. The van der Waals surface area contributed by atoms with Gasteiger partial charge in [-0.1, -0.05) is 0 Å². The molecular formula is C12H15BrO4. The molecule has 0 amide bonds. The molecule has 1 unspecified atom stereocenters. The lowest BCUT2D eigenvalue weighted by Gasteiger charge is -2.15. The molecular weight excluding hydrogens is 288 g/mol. The minimum atomic E-state index is -0.0163. The normalized spacial score (nSPS) is 12.0. The highest BCUT2D eigenvalue weighted by Crippen LogP contribution is 2.36. The van der Waals surface area contributed by atoms with Crippen LogP contribution in [0.15, 0.2) is 16.6 Å². The Labute approximate surface area is 109 Å². The summed E-state index contributed by atoms with van der Waals surface area (Å²) in [6, 6.07) is 3.31. The maximum absolute atomic E-state index is 10.7. The van der Waals surface area contributed by atoms with E-state index in [1.54, 1.807) is 19.2 Å². The number of carbonyl (C=O) groups excluding carboxylic acids is 1. The molecule has 94 valence electrons. The highest BCUT2D eigenvalue weighted by atomic mass is 79.9. The van der Waals surface area contributed by atoms with Crippen molar-refractivity contribution in [3.8, 4) is 11.5 Å². The van der Waals surface area contributed by atoms with Crippen molar-refractivity contribution in [2.75, 3.05) is 20.8 Å². The second-order valence-electron chi connectivity index (χ2n) is 3.51. The van der Waals surface area contributed by atoms with Gasteiger partial charge in [0.25, 0.3) is 0 Å². The number of aldehydes is 1. The molecule has 0 spiro atoms. The van der Waals surface area contributed by atoms with Crippen LogP contribution in [0, 0.1) is 0 Å². The number of rotatable bonds is 6. The quantitative estimate of drug-likeness (QED) is 0.758. The Morgan fingerprint density at radius 1 is 1.41 bits per heavy atom. The summed E-state index contributed by atoms with van der Waals surface area (Å²) in [6.45, 7) is 2.31. The van der Waals surface area contributed by atoms with E-state index in [0.29, 0.717) is 28.1 Å². The molecule has 1 rings (SSSR count). The van der Waals surface area contributed by atoms with Gasteiger partial charge in [-0.3, -0.25) is 4.79 Å². The van der Waals surface area contributed by atoms with Gasteiger partial charge in [-0.05, 0) is 35.0 Å². The van der Waals surface area contributed by atoms with Gasteiger partial charge in [0.15, 0.2) is 11.5 Å². The third-order valence-electron chi connectivity index (χ3n) is 2.25. The smallest absolute Gasteiger partial charge is 0.175 e. The van der Waals surface area contributed by atoms with E-state index < -0.39 is 0 Å². The zero-order valence-corrected chi connectivity index (χ0v) is 11.6. The molecule has 0 fully saturated rings. The summed E-state index contributed by atoms with van der Waals surface area (Å²) < 4.78 is 16.6. The third kappa shape index (κ3) is 3.71. The van der Waals surface area contributed by atoms with Crippen molar-refractivity contribution in [1.29, 1.82) is 0 Å². The molecule has 1 aromatic carbocycles. The van der Waals surface area contributed by atoms with Gasteiger partial charge >= 0.3 is 0 Å². The monoisotopic (exact) mass is 302 g/mol. The van der Waals surface area contributed by atoms with Gasteiger partial charge in [0.2, 0.25) is 0 Å². The average molecular weight is 303 g/mol. The van der Waals surface area contributed by atoms with E-state index in [2.05, 4.69) is 15.9 Å². The minimum absolute atomic E-state index is 0.0163. The van der Waals surface area contributed by atoms with Crippen molar-refractivity contribution in [3.05, 3.63) is 22.2 Å². The largest absolute Gasteiger partial charge is 0.493 e. The van der Waals surface area contributed by atoms with Crippen LogP contribution < -0.4 is 9.47 Å². The van der Waals surface area contributed by atoms with Crippen LogP contribution in [0.5, 0.6) is 11.5 Å². The number of ether oxygens (including phenoxy) is 3. The summed E-state index contributed by atoms with van der Waals surface area (Å²) in [6.07, 6.45) is 0.742. The molecule has 4 nitrogen and oxygen atoms in total. The Balaban J connectivity index is 2.93. The Morgan fingerprint density at radius 3 is 2.65 bits per heavy atom. The zero-order valence-electron chi connectivity index (χ0n) is 10.0. The van der Waals surface area contributed by atoms with E-state index in [0.717, 1.165) is 6.29 Å².